The molecular formula is C8H18N2O2. The molecule has 72 valence electrons. The summed E-state index contributed by atoms with van der Waals surface area (Å²) < 4.78 is 0. The zero-order valence-corrected chi connectivity index (χ0v) is 8.23. The molecular weight excluding hydrogens is 156 g/mol. The fourth-order valence-electron chi connectivity index (χ4n) is 0.681. The van der Waals surface area contributed by atoms with Gasteiger partial charge in [-0.3, -0.25) is 4.79 Å². The van der Waals surface area contributed by atoms with Gasteiger partial charge in [-0.15, -0.1) is 0 Å². The van der Waals surface area contributed by atoms with Crippen LogP contribution in [0.4, 0.5) is 0 Å². The molecule has 0 saturated heterocycles. The first-order chi connectivity index (χ1) is 5.45. The molecule has 0 aromatic heterocycles. The van der Waals surface area contributed by atoms with E-state index >= 15 is 0 Å². The summed E-state index contributed by atoms with van der Waals surface area (Å²) in [7, 11) is 0. The first-order valence-electron chi connectivity index (χ1n) is 4.11. The van der Waals surface area contributed by atoms with Gasteiger partial charge in [0.2, 0.25) is 5.91 Å². The van der Waals surface area contributed by atoms with Gasteiger partial charge in [0, 0.05) is 5.54 Å². The minimum Gasteiger partial charge on any atom is -0.350 e. The van der Waals surface area contributed by atoms with E-state index in [2.05, 4.69) is 10.8 Å². The smallest absolute Gasteiger partial charge is 0.236 e. The molecule has 12 heavy (non-hydrogen) atoms. The Balaban J connectivity index is 3.47. The highest BCUT2D eigenvalue weighted by Crippen LogP contribution is 1.96. The maximum atomic E-state index is 11.1. The van der Waals surface area contributed by atoms with Gasteiger partial charge in [-0.2, -0.15) is 5.48 Å². The highest BCUT2D eigenvalue weighted by atomic mass is 16.6. The molecule has 0 rings (SSSR count). The summed E-state index contributed by atoms with van der Waals surface area (Å²) in [5.74, 6) is -0.0593. The van der Waals surface area contributed by atoms with Gasteiger partial charge >= 0.3 is 0 Å². The fourth-order valence-corrected chi connectivity index (χ4v) is 0.681. The molecule has 0 heterocycles. The largest absolute Gasteiger partial charge is 0.350 e. The predicted octanol–water partition coefficient (Wildman–Crippen LogP) is 0.442. The zero-order chi connectivity index (χ0) is 9.61. The Morgan fingerprint density at radius 3 is 2.42 bits per heavy atom. The normalized spacial score (nSPS) is 11.3. The number of hydrogen-bond donors (Lipinski definition) is 2. The minimum absolute atomic E-state index is 0.0593. The van der Waals surface area contributed by atoms with Crippen molar-refractivity contribution in [3.8, 4) is 0 Å². The molecule has 4 nitrogen and oxygen atoms in total. The molecule has 0 aromatic rings. The number of hydroxylamine groups is 1. The molecule has 0 saturated carbocycles. The second-order valence-electron chi connectivity index (χ2n) is 3.55. The molecule has 0 aliphatic heterocycles. The Hall–Kier alpha value is -0.610. The van der Waals surface area contributed by atoms with Crippen LogP contribution in [-0.2, 0) is 9.63 Å². The Morgan fingerprint density at radius 1 is 1.42 bits per heavy atom. The molecule has 0 spiro atoms. The van der Waals surface area contributed by atoms with Gasteiger partial charge in [-0.1, -0.05) is 0 Å². The summed E-state index contributed by atoms with van der Waals surface area (Å²) in [4.78, 5) is 15.9. The van der Waals surface area contributed by atoms with Crippen LogP contribution in [0.5, 0.6) is 0 Å². The number of hydrogen-bond acceptors (Lipinski definition) is 3. The summed E-state index contributed by atoms with van der Waals surface area (Å²) in [6.45, 7) is 8.42. The van der Waals surface area contributed by atoms with Crippen molar-refractivity contribution in [3.05, 3.63) is 0 Å². The Labute approximate surface area is 73.6 Å². The topological polar surface area (TPSA) is 50.4 Å². The van der Waals surface area contributed by atoms with E-state index in [4.69, 9.17) is 4.84 Å². The summed E-state index contributed by atoms with van der Waals surface area (Å²) in [5.41, 5.74) is 2.37. The average molecular weight is 174 g/mol. The van der Waals surface area contributed by atoms with Gasteiger partial charge in [0.25, 0.3) is 0 Å². The number of carbonyl (C=O) groups excluding carboxylic acids is 1. The number of carbonyl (C=O) groups is 1. The third-order valence-corrected chi connectivity index (χ3v) is 0.994. The van der Waals surface area contributed by atoms with Gasteiger partial charge in [0.1, 0.15) is 0 Å². The first-order valence-corrected chi connectivity index (χ1v) is 4.11. The van der Waals surface area contributed by atoms with Crippen molar-refractivity contribution in [2.45, 2.75) is 33.2 Å². The van der Waals surface area contributed by atoms with Crippen molar-refractivity contribution in [2.75, 3.05) is 13.2 Å². The van der Waals surface area contributed by atoms with E-state index in [1.165, 1.54) is 0 Å². The minimum atomic E-state index is -0.176. The van der Waals surface area contributed by atoms with Crippen molar-refractivity contribution in [3.63, 3.8) is 0 Å². The highest BCUT2D eigenvalue weighted by Gasteiger charge is 2.12. The van der Waals surface area contributed by atoms with E-state index < -0.39 is 0 Å². The molecule has 0 aliphatic carbocycles. The average Bonchev–Trinajstić information content (AvgIpc) is 1.84. The van der Waals surface area contributed by atoms with Crippen LogP contribution in [0.3, 0.4) is 0 Å². The van der Waals surface area contributed by atoms with Crippen LogP contribution in [0, 0.1) is 0 Å². The molecule has 0 radical (unpaired) electrons. The lowest BCUT2D eigenvalue weighted by Gasteiger charge is -2.20. The van der Waals surface area contributed by atoms with Crippen LogP contribution in [0.25, 0.3) is 0 Å². The summed E-state index contributed by atoms with van der Waals surface area (Å²) in [6.07, 6.45) is 0. The Bertz CT molecular complexity index is 140. The highest BCUT2D eigenvalue weighted by molar-refractivity contribution is 5.78. The Morgan fingerprint density at radius 2 is 2.00 bits per heavy atom. The summed E-state index contributed by atoms with van der Waals surface area (Å²) in [5, 5.41) is 2.80. The van der Waals surface area contributed by atoms with Gasteiger partial charge in [-0.05, 0) is 27.7 Å². The van der Waals surface area contributed by atoms with Gasteiger partial charge in [0.15, 0.2) is 0 Å². The van der Waals surface area contributed by atoms with Crippen molar-refractivity contribution < 1.29 is 9.63 Å². The van der Waals surface area contributed by atoms with Crippen molar-refractivity contribution in [1.29, 1.82) is 0 Å². The molecule has 0 atom stereocenters. The summed E-state index contributed by atoms with van der Waals surface area (Å²) in [6, 6.07) is 0. The zero-order valence-electron chi connectivity index (χ0n) is 8.23. The van der Waals surface area contributed by atoms with E-state index in [-0.39, 0.29) is 18.0 Å². The monoisotopic (exact) mass is 174 g/mol. The van der Waals surface area contributed by atoms with Crippen LogP contribution >= 0.6 is 0 Å². The predicted molar refractivity (Wildman–Crippen MR) is 47.5 cm³/mol. The maximum Gasteiger partial charge on any atom is 0.236 e. The second kappa shape index (κ2) is 5.11. The maximum absolute atomic E-state index is 11.1. The Kier molecular flexibility index (Phi) is 4.85. The fraction of sp³-hybridized carbons (Fsp3) is 0.875. The van der Waals surface area contributed by atoms with E-state index in [1.807, 2.05) is 27.7 Å². The molecule has 0 aromatic carbocycles. The van der Waals surface area contributed by atoms with Crippen LogP contribution < -0.4 is 10.8 Å². The van der Waals surface area contributed by atoms with Crippen LogP contribution in [0.2, 0.25) is 0 Å². The van der Waals surface area contributed by atoms with Crippen molar-refractivity contribution >= 4 is 5.91 Å². The van der Waals surface area contributed by atoms with Crippen molar-refractivity contribution in [2.24, 2.45) is 0 Å². The van der Waals surface area contributed by atoms with Gasteiger partial charge < -0.3 is 10.2 Å². The number of nitrogens with one attached hydrogen (secondary N) is 2. The van der Waals surface area contributed by atoms with Crippen molar-refractivity contribution in [1.82, 2.24) is 10.8 Å². The van der Waals surface area contributed by atoms with E-state index in [0.29, 0.717) is 6.61 Å². The standard InChI is InChI=1S/C8H18N2O2/c1-5-12-9-6-7(11)10-8(2,3)4/h9H,5-6H2,1-4H3,(H,10,11). The molecule has 4 heteroatoms. The lowest BCUT2D eigenvalue weighted by atomic mass is 10.1. The van der Waals surface area contributed by atoms with E-state index in [0.717, 1.165) is 0 Å². The molecule has 1 amide bonds. The van der Waals surface area contributed by atoms with E-state index in [1.54, 1.807) is 0 Å². The first kappa shape index (κ1) is 11.4. The quantitative estimate of drug-likeness (QED) is 0.480. The van der Waals surface area contributed by atoms with E-state index in [9.17, 15) is 4.79 Å². The van der Waals surface area contributed by atoms with Gasteiger partial charge in [-0.25, -0.2) is 0 Å². The lowest BCUT2D eigenvalue weighted by molar-refractivity contribution is -0.124. The molecule has 0 unspecified atom stereocenters. The number of amides is 1. The molecule has 2 N–H and O–H groups in total. The van der Waals surface area contributed by atoms with Crippen LogP contribution in [0.1, 0.15) is 27.7 Å². The summed E-state index contributed by atoms with van der Waals surface area (Å²) >= 11 is 0. The molecule has 0 bridgehead atoms. The lowest BCUT2D eigenvalue weighted by Crippen LogP contribution is -2.44. The van der Waals surface area contributed by atoms with Gasteiger partial charge in [0.05, 0.1) is 13.2 Å². The van der Waals surface area contributed by atoms with Crippen LogP contribution in [0.15, 0.2) is 0 Å². The third kappa shape index (κ3) is 7.50. The molecule has 0 fully saturated rings. The third-order valence-electron chi connectivity index (χ3n) is 0.994. The second-order valence-corrected chi connectivity index (χ2v) is 3.55. The number of rotatable bonds is 4. The van der Waals surface area contributed by atoms with Crippen LogP contribution in [-0.4, -0.2) is 24.6 Å². The molecule has 0 aliphatic rings. The SMILES string of the molecule is CCONCC(=O)NC(C)(C)C.